The van der Waals surface area contributed by atoms with Crippen LogP contribution in [0.4, 0.5) is 0 Å². The Morgan fingerprint density at radius 2 is 1.86 bits per heavy atom. The van der Waals surface area contributed by atoms with Crippen LogP contribution in [0.15, 0.2) is 39.6 Å². The molecule has 0 saturated carbocycles. The molecule has 112 valence electrons. The van der Waals surface area contributed by atoms with Crippen LogP contribution < -0.4 is 11.2 Å². The van der Waals surface area contributed by atoms with Gasteiger partial charge in [0.1, 0.15) is 0 Å². The Labute approximate surface area is 127 Å². The lowest BCUT2D eigenvalue weighted by molar-refractivity contribution is 0.104. The van der Waals surface area contributed by atoms with Gasteiger partial charge in [0.05, 0.1) is 5.56 Å². The smallest absolute Gasteiger partial charge is 0.303 e. The first-order valence-corrected chi connectivity index (χ1v) is 7.00. The lowest BCUT2D eigenvalue weighted by Gasteiger charge is -2.04. The molecule has 5 nitrogen and oxygen atoms in total. The maximum absolute atomic E-state index is 12.5. The van der Waals surface area contributed by atoms with Crippen molar-refractivity contribution in [2.45, 2.75) is 13.3 Å². The van der Waals surface area contributed by atoms with Crippen LogP contribution in [0.3, 0.4) is 0 Å². The van der Waals surface area contributed by atoms with E-state index in [1.807, 2.05) is 25.1 Å². The molecule has 22 heavy (non-hydrogen) atoms. The van der Waals surface area contributed by atoms with Gasteiger partial charge in [-0.1, -0.05) is 17.7 Å². The van der Waals surface area contributed by atoms with Gasteiger partial charge in [-0.25, -0.2) is 4.79 Å². The highest BCUT2D eigenvalue weighted by Gasteiger charge is 2.25. The van der Waals surface area contributed by atoms with Gasteiger partial charge in [-0.2, -0.15) is 0 Å². The summed E-state index contributed by atoms with van der Waals surface area (Å²) >= 11 is 0. The summed E-state index contributed by atoms with van der Waals surface area (Å²) in [4.78, 5) is 36.3. The summed E-state index contributed by atoms with van der Waals surface area (Å²) in [5.74, 6) is -0.0467. The van der Waals surface area contributed by atoms with Crippen LogP contribution in [0.5, 0.6) is 0 Å². The van der Waals surface area contributed by atoms with Crippen LogP contribution in [-0.4, -0.2) is 14.9 Å². The largest absolute Gasteiger partial charge is 0.330 e. The summed E-state index contributed by atoms with van der Waals surface area (Å²) < 4.78 is 2.38. The molecule has 0 radical (unpaired) electrons. The van der Waals surface area contributed by atoms with Gasteiger partial charge in [0.25, 0.3) is 5.56 Å². The molecule has 0 bridgehead atoms. The van der Waals surface area contributed by atoms with Crippen molar-refractivity contribution in [2.24, 2.45) is 14.1 Å². The molecule has 1 aromatic heterocycles. The number of rotatable bonds is 1. The fourth-order valence-electron chi connectivity index (χ4n) is 2.75. The number of hydrogen-bond donors (Lipinski definition) is 0. The van der Waals surface area contributed by atoms with Crippen molar-refractivity contribution in [3.63, 3.8) is 0 Å². The maximum atomic E-state index is 12.5. The van der Waals surface area contributed by atoms with Gasteiger partial charge in [-0.05, 0) is 24.6 Å². The second-order valence-corrected chi connectivity index (χ2v) is 5.68. The Morgan fingerprint density at radius 3 is 2.59 bits per heavy atom. The van der Waals surface area contributed by atoms with E-state index in [4.69, 9.17) is 0 Å². The zero-order valence-electron chi connectivity index (χ0n) is 12.7. The van der Waals surface area contributed by atoms with E-state index in [2.05, 4.69) is 0 Å². The Bertz CT molecular complexity index is 945. The van der Waals surface area contributed by atoms with E-state index in [9.17, 15) is 14.4 Å². The van der Waals surface area contributed by atoms with E-state index in [0.717, 1.165) is 15.7 Å². The third kappa shape index (κ3) is 2.15. The summed E-state index contributed by atoms with van der Waals surface area (Å²) in [7, 11) is 3.01. The van der Waals surface area contributed by atoms with Gasteiger partial charge in [-0.15, -0.1) is 0 Å². The number of ketones is 1. The Balaban J connectivity index is 2.11. The SMILES string of the molecule is Cc1ccc2c(c1)C(=O)/C(=C\c1cn(C)c(=O)n(C)c1=O)C2. The summed E-state index contributed by atoms with van der Waals surface area (Å²) in [6, 6.07) is 5.79. The highest BCUT2D eigenvalue weighted by molar-refractivity contribution is 6.15. The average molecular weight is 296 g/mol. The zero-order valence-corrected chi connectivity index (χ0v) is 12.7. The van der Waals surface area contributed by atoms with Crippen LogP contribution in [0.1, 0.15) is 27.0 Å². The van der Waals surface area contributed by atoms with Gasteiger partial charge in [-0.3, -0.25) is 14.2 Å². The predicted molar refractivity (Wildman–Crippen MR) is 84.1 cm³/mol. The molecule has 1 aromatic carbocycles. The first-order chi connectivity index (χ1) is 10.4. The van der Waals surface area contributed by atoms with Crippen molar-refractivity contribution in [1.82, 2.24) is 9.13 Å². The number of Topliss-reactive ketones (excluding diaryl/α,β-unsaturated/α-hetero) is 1. The van der Waals surface area contributed by atoms with Crippen molar-refractivity contribution in [3.8, 4) is 0 Å². The molecule has 0 fully saturated rings. The topological polar surface area (TPSA) is 61.1 Å². The molecule has 0 amide bonds. The molecular formula is C17H16N2O3. The molecule has 1 heterocycles. The van der Waals surface area contributed by atoms with Crippen LogP contribution in [0.2, 0.25) is 0 Å². The van der Waals surface area contributed by atoms with Gasteiger partial charge in [0.15, 0.2) is 5.78 Å². The van der Waals surface area contributed by atoms with Crippen molar-refractivity contribution in [1.29, 1.82) is 0 Å². The summed E-state index contributed by atoms with van der Waals surface area (Å²) in [5.41, 5.74) is 2.86. The van der Waals surface area contributed by atoms with Gasteiger partial charge >= 0.3 is 5.69 Å². The van der Waals surface area contributed by atoms with Crippen LogP contribution in [0.25, 0.3) is 6.08 Å². The number of carbonyl (C=O) groups excluding carboxylic acids is 1. The normalized spacial score (nSPS) is 15.4. The second-order valence-electron chi connectivity index (χ2n) is 5.68. The summed E-state index contributed by atoms with van der Waals surface area (Å²) in [6.45, 7) is 1.94. The fourth-order valence-corrected chi connectivity index (χ4v) is 2.75. The van der Waals surface area contributed by atoms with Gasteiger partial charge < -0.3 is 4.57 Å². The standard InChI is InChI=1S/C17H16N2O3/c1-10-4-5-11-7-12(15(20)14(11)6-10)8-13-9-18(2)17(22)19(3)16(13)21/h4-6,8-9H,7H2,1-3H3/b12-8-. The molecule has 0 unspecified atom stereocenters. The van der Waals surface area contributed by atoms with Gasteiger partial charge in [0.2, 0.25) is 0 Å². The zero-order chi connectivity index (χ0) is 16.0. The molecule has 0 saturated heterocycles. The molecule has 2 aromatic rings. The second kappa shape index (κ2) is 4.94. The monoisotopic (exact) mass is 296 g/mol. The number of fused-ring (bicyclic) bond motifs is 1. The maximum Gasteiger partial charge on any atom is 0.330 e. The number of carbonyl (C=O) groups is 1. The third-order valence-corrected chi connectivity index (χ3v) is 3.99. The minimum absolute atomic E-state index is 0.0467. The van der Waals surface area contributed by atoms with Crippen molar-refractivity contribution >= 4 is 11.9 Å². The molecule has 1 aliphatic rings. The van der Waals surface area contributed by atoms with E-state index in [1.54, 1.807) is 13.1 Å². The van der Waals surface area contributed by atoms with E-state index in [0.29, 0.717) is 23.1 Å². The number of aromatic nitrogens is 2. The van der Waals surface area contributed by atoms with E-state index < -0.39 is 5.56 Å². The number of benzene rings is 1. The Hall–Kier alpha value is -2.69. The van der Waals surface area contributed by atoms with E-state index >= 15 is 0 Å². The number of hydrogen-bond acceptors (Lipinski definition) is 3. The summed E-state index contributed by atoms with van der Waals surface area (Å²) in [5, 5.41) is 0. The molecule has 0 spiro atoms. The predicted octanol–water partition coefficient (Wildman–Crippen LogP) is 1.21. The molecule has 3 rings (SSSR count). The molecule has 0 aliphatic heterocycles. The number of allylic oxidation sites excluding steroid dienone is 1. The Kier molecular flexibility index (Phi) is 3.20. The minimum Gasteiger partial charge on any atom is -0.303 e. The van der Waals surface area contributed by atoms with Crippen molar-refractivity contribution in [2.75, 3.05) is 0 Å². The first-order valence-electron chi connectivity index (χ1n) is 7.00. The number of aryl methyl sites for hydroxylation is 2. The minimum atomic E-state index is -0.393. The lowest BCUT2D eigenvalue weighted by atomic mass is 10.1. The lowest BCUT2D eigenvalue weighted by Crippen LogP contribution is -2.37. The first kappa shape index (κ1) is 14.3. The van der Waals surface area contributed by atoms with Crippen molar-refractivity contribution < 1.29 is 4.79 Å². The molecule has 0 N–H and O–H groups in total. The molecular weight excluding hydrogens is 280 g/mol. The van der Waals surface area contributed by atoms with Crippen LogP contribution >= 0.6 is 0 Å². The van der Waals surface area contributed by atoms with Crippen LogP contribution in [0, 0.1) is 6.92 Å². The van der Waals surface area contributed by atoms with Crippen LogP contribution in [-0.2, 0) is 20.5 Å². The highest BCUT2D eigenvalue weighted by Crippen LogP contribution is 2.28. The van der Waals surface area contributed by atoms with Gasteiger partial charge in [0, 0.05) is 37.8 Å². The van der Waals surface area contributed by atoms with E-state index in [-0.39, 0.29) is 11.5 Å². The quantitative estimate of drug-likeness (QED) is 0.743. The fraction of sp³-hybridized carbons (Fsp3) is 0.235. The molecule has 1 aliphatic carbocycles. The van der Waals surface area contributed by atoms with E-state index in [1.165, 1.54) is 17.8 Å². The summed E-state index contributed by atoms with van der Waals surface area (Å²) in [6.07, 6.45) is 3.58. The van der Waals surface area contributed by atoms with Crippen molar-refractivity contribution in [3.05, 3.63) is 73.1 Å². The number of nitrogens with zero attached hydrogens (tertiary/aromatic N) is 2. The molecule has 5 heteroatoms. The average Bonchev–Trinajstić information content (AvgIpc) is 2.79. The highest BCUT2D eigenvalue weighted by atomic mass is 16.2. The third-order valence-electron chi connectivity index (χ3n) is 3.99. The molecule has 0 atom stereocenters. The Morgan fingerprint density at radius 1 is 1.14 bits per heavy atom.